The Kier molecular flexibility index (Phi) is 5.47. The van der Waals surface area contributed by atoms with Gasteiger partial charge in [-0.1, -0.05) is 0 Å². The van der Waals surface area contributed by atoms with E-state index in [2.05, 4.69) is 0 Å². The van der Waals surface area contributed by atoms with Crippen LogP contribution in [0, 0.1) is 0 Å². The highest BCUT2D eigenvalue weighted by molar-refractivity contribution is 5.88. The Balaban J connectivity index is 1.92. The molecule has 10 nitrogen and oxygen atoms in total. The summed E-state index contributed by atoms with van der Waals surface area (Å²) in [5.74, 6) is -2.55. The van der Waals surface area contributed by atoms with E-state index >= 15 is 0 Å². The number of aliphatic hydroxyl groups excluding tert-OH is 2. The number of aromatic hydroxyl groups is 2. The fraction of sp³-hybridized carbons (Fsp3) is 0.318. The molecule has 4 atom stereocenters. The molecule has 0 bridgehead atoms. The van der Waals surface area contributed by atoms with E-state index in [1.807, 2.05) is 0 Å². The van der Waals surface area contributed by atoms with Crippen LogP contribution in [0.3, 0.4) is 0 Å². The second-order valence-electron chi connectivity index (χ2n) is 7.70. The molecular weight excluding hydrogens is 424 g/mol. The van der Waals surface area contributed by atoms with Crippen LogP contribution in [-0.2, 0) is 4.74 Å². The molecule has 1 saturated heterocycles. The Bertz CT molecular complexity index is 1200. The van der Waals surface area contributed by atoms with Crippen LogP contribution in [0.1, 0.15) is 13.3 Å². The van der Waals surface area contributed by atoms with Gasteiger partial charge >= 0.3 is 0 Å². The number of phenolic OH excluding ortho intramolecular Hbond substituents is 2. The minimum Gasteiger partial charge on any atom is -0.508 e. The van der Waals surface area contributed by atoms with Crippen LogP contribution in [0.4, 0.5) is 0 Å². The molecule has 3 aromatic rings. The van der Waals surface area contributed by atoms with Crippen molar-refractivity contribution in [2.45, 2.75) is 37.6 Å². The Morgan fingerprint density at radius 1 is 1.12 bits per heavy atom. The number of aliphatic hydroxyl groups is 3. The van der Waals surface area contributed by atoms with Crippen molar-refractivity contribution in [2.24, 2.45) is 0 Å². The third-order valence-electron chi connectivity index (χ3n) is 5.14. The third kappa shape index (κ3) is 3.96. The van der Waals surface area contributed by atoms with Gasteiger partial charge in [-0.25, -0.2) is 0 Å². The minimum atomic E-state index is -1.82. The summed E-state index contributed by atoms with van der Waals surface area (Å²) in [6.45, 7) is 1.28. The first-order chi connectivity index (χ1) is 15.1. The summed E-state index contributed by atoms with van der Waals surface area (Å²) in [4.78, 5) is 13.3. The second-order valence-corrected chi connectivity index (χ2v) is 7.70. The maximum Gasteiger partial charge on any atom is 0.239 e. The molecule has 2 aromatic carbocycles. The molecule has 32 heavy (non-hydrogen) atoms. The molecule has 1 aliphatic heterocycles. The quantitative estimate of drug-likeness (QED) is 0.397. The summed E-state index contributed by atoms with van der Waals surface area (Å²) < 4.78 is 21.9. The number of benzene rings is 2. The SMILES string of the molecule is COc1cc(O)c2c(=O)c(OC3OC(C)(O)CC(O)C3O)c(-c3ccc(O)cc3)oc2c1. The van der Waals surface area contributed by atoms with Gasteiger partial charge in [-0.2, -0.15) is 0 Å². The first-order valence-electron chi connectivity index (χ1n) is 9.70. The zero-order valence-corrected chi connectivity index (χ0v) is 17.2. The number of hydrogen-bond acceptors (Lipinski definition) is 10. The highest BCUT2D eigenvalue weighted by Crippen LogP contribution is 2.38. The van der Waals surface area contributed by atoms with Crippen molar-refractivity contribution in [3.05, 3.63) is 46.6 Å². The molecule has 1 aromatic heterocycles. The van der Waals surface area contributed by atoms with Crippen molar-refractivity contribution >= 4 is 11.0 Å². The largest absolute Gasteiger partial charge is 0.508 e. The summed E-state index contributed by atoms with van der Waals surface area (Å²) in [5, 5.41) is 50.4. The highest BCUT2D eigenvalue weighted by atomic mass is 16.8. The first-order valence-corrected chi connectivity index (χ1v) is 9.70. The maximum atomic E-state index is 13.3. The van der Waals surface area contributed by atoms with Gasteiger partial charge in [0, 0.05) is 24.1 Å². The summed E-state index contributed by atoms with van der Waals surface area (Å²) >= 11 is 0. The topological polar surface area (TPSA) is 159 Å². The molecule has 4 unspecified atom stereocenters. The Morgan fingerprint density at radius 3 is 2.47 bits per heavy atom. The third-order valence-corrected chi connectivity index (χ3v) is 5.14. The van der Waals surface area contributed by atoms with Crippen LogP contribution < -0.4 is 14.9 Å². The van der Waals surface area contributed by atoms with E-state index in [1.54, 1.807) is 0 Å². The zero-order chi connectivity index (χ0) is 23.2. The monoisotopic (exact) mass is 446 g/mol. The van der Waals surface area contributed by atoms with Gasteiger partial charge in [0.05, 0.1) is 13.2 Å². The molecule has 0 amide bonds. The van der Waals surface area contributed by atoms with E-state index in [-0.39, 0.29) is 34.6 Å². The van der Waals surface area contributed by atoms with Gasteiger partial charge in [0.2, 0.25) is 17.5 Å². The highest BCUT2D eigenvalue weighted by Gasteiger charge is 2.44. The Labute approximate surface area is 181 Å². The predicted octanol–water partition coefficient (Wildman–Crippen LogP) is 1.44. The average Bonchev–Trinajstić information content (AvgIpc) is 2.73. The lowest BCUT2D eigenvalue weighted by molar-refractivity contribution is -0.332. The van der Waals surface area contributed by atoms with Crippen molar-refractivity contribution in [3.8, 4) is 34.3 Å². The number of ether oxygens (including phenoxy) is 3. The zero-order valence-electron chi connectivity index (χ0n) is 17.2. The van der Waals surface area contributed by atoms with E-state index in [0.717, 1.165) is 0 Å². The van der Waals surface area contributed by atoms with Crippen LogP contribution in [0.25, 0.3) is 22.3 Å². The average molecular weight is 446 g/mol. The predicted molar refractivity (Wildman–Crippen MR) is 111 cm³/mol. The van der Waals surface area contributed by atoms with Gasteiger partial charge in [-0.3, -0.25) is 4.79 Å². The number of hydrogen-bond donors (Lipinski definition) is 5. The van der Waals surface area contributed by atoms with Crippen LogP contribution in [-0.4, -0.2) is 56.9 Å². The summed E-state index contributed by atoms with van der Waals surface area (Å²) in [6, 6.07) is 8.30. The van der Waals surface area contributed by atoms with Gasteiger partial charge in [-0.05, 0) is 31.2 Å². The second kappa shape index (κ2) is 7.99. The van der Waals surface area contributed by atoms with E-state index in [4.69, 9.17) is 18.6 Å². The number of fused-ring (bicyclic) bond motifs is 1. The van der Waals surface area contributed by atoms with Gasteiger partial charge in [0.15, 0.2) is 11.5 Å². The van der Waals surface area contributed by atoms with Crippen LogP contribution in [0.2, 0.25) is 0 Å². The molecule has 2 heterocycles. The van der Waals surface area contributed by atoms with Crippen LogP contribution in [0.5, 0.6) is 23.0 Å². The lowest BCUT2D eigenvalue weighted by Crippen LogP contribution is -2.55. The van der Waals surface area contributed by atoms with Crippen molar-refractivity contribution in [1.29, 1.82) is 0 Å². The molecule has 0 radical (unpaired) electrons. The molecular formula is C22H22O10. The van der Waals surface area contributed by atoms with E-state index < -0.39 is 41.2 Å². The van der Waals surface area contributed by atoms with E-state index in [1.165, 1.54) is 50.4 Å². The lowest BCUT2D eigenvalue weighted by Gasteiger charge is -2.40. The van der Waals surface area contributed by atoms with Crippen LogP contribution >= 0.6 is 0 Å². The molecule has 0 aliphatic carbocycles. The summed E-state index contributed by atoms with van der Waals surface area (Å²) in [5.41, 5.74) is -0.457. The number of phenols is 2. The van der Waals surface area contributed by atoms with Gasteiger partial charge in [0.1, 0.15) is 34.3 Å². The first kappa shape index (κ1) is 21.9. The van der Waals surface area contributed by atoms with Crippen LogP contribution in [0.15, 0.2) is 45.6 Å². The molecule has 1 fully saturated rings. The Hall–Kier alpha value is -3.31. The van der Waals surface area contributed by atoms with E-state index in [9.17, 15) is 30.3 Å². The fourth-order valence-electron chi connectivity index (χ4n) is 3.55. The fourth-order valence-corrected chi connectivity index (χ4v) is 3.55. The van der Waals surface area contributed by atoms with Crippen molar-refractivity contribution in [1.82, 2.24) is 0 Å². The number of methoxy groups -OCH3 is 1. The van der Waals surface area contributed by atoms with Crippen molar-refractivity contribution < 1.29 is 44.2 Å². The maximum absolute atomic E-state index is 13.3. The van der Waals surface area contributed by atoms with Gasteiger partial charge in [0.25, 0.3) is 0 Å². The van der Waals surface area contributed by atoms with Crippen molar-refractivity contribution in [3.63, 3.8) is 0 Å². The molecule has 0 spiro atoms. The Morgan fingerprint density at radius 2 is 1.81 bits per heavy atom. The summed E-state index contributed by atoms with van der Waals surface area (Å²) in [7, 11) is 1.39. The van der Waals surface area contributed by atoms with Crippen molar-refractivity contribution in [2.75, 3.05) is 7.11 Å². The van der Waals surface area contributed by atoms with E-state index in [0.29, 0.717) is 5.56 Å². The standard InChI is InChI=1S/C22H22O10/c1-22(28)9-14(25)17(26)21(32-22)31-20-18(27)16-13(24)7-12(29-2)8-15(16)30-19(20)10-3-5-11(23)6-4-10/h3-8,14,17,21,23-26,28H,9H2,1-2H3. The normalized spacial score (nSPS) is 25.6. The van der Waals surface area contributed by atoms with Gasteiger partial charge in [-0.15, -0.1) is 0 Å². The lowest BCUT2D eigenvalue weighted by atomic mass is 10.0. The molecule has 5 N–H and O–H groups in total. The molecule has 4 rings (SSSR count). The number of rotatable bonds is 4. The molecule has 1 aliphatic rings. The summed E-state index contributed by atoms with van der Waals surface area (Å²) in [6.07, 6.45) is -4.86. The molecule has 0 saturated carbocycles. The minimum absolute atomic E-state index is 0.000540. The molecule has 170 valence electrons. The van der Waals surface area contributed by atoms with Gasteiger partial charge < -0.3 is 44.2 Å². The molecule has 10 heteroatoms. The smallest absolute Gasteiger partial charge is 0.239 e.